The third-order valence-corrected chi connectivity index (χ3v) is 5.84. The summed E-state index contributed by atoms with van der Waals surface area (Å²) >= 11 is 1.68. The molecule has 116 valence electrons. The van der Waals surface area contributed by atoms with E-state index in [1.807, 2.05) is 7.05 Å². The predicted octanol–water partition coefficient (Wildman–Crippen LogP) is 2.44. The molecule has 4 rings (SSSR count). The van der Waals surface area contributed by atoms with Gasteiger partial charge in [-0.15, -0.1) is 21.5 Å². The van der Waals surface area contributed by atoms with Gasteiger partial charge in [-0.3, -0.25) is 4.79 Å². The van der Waals surface area contributed by atoms with Gasteiger partial charge in [-0.05, 0) is 43.7 Å². The first-order valence-corrected chi connectivity index (χ1v) is 8.82. The highest BCUT2D eigenvalue weighted by Gasteiger charge is 2.23. The number of amides is 1. The molecule has 0 atom stereocenters. The average molecular weight is 316 g/mol. The van der Waals surface area contributed by atoms with Gasteiger partial charge in [0, 0.05) is 24.9 Å². The molecule has 3 heterocycles. The Kier molecular flexibility index (Phi) is 3.48. The van der Waals surface area contributed by atoms with Gasteiger partial charge in [-0.25, -0.2) is 0 Å². The Morgan fingerprint density at radius 1 is 1.27 bits per heavy atom. The lowest BCUT2D eigenvalue weighted by Gasteiger charge is -2.15. The van der Waals surface area contributed by atoms with Crippen molar-refractivity contribution in [2.75, 3.05) is 7.05 Å². The number of thiophene rings is 1. The lowest BCUT2D eigenvalue weighted by Crippen LogP contribution is -2.27. The van der Waals surface area contributed by atoms with Crippen LogP contribution in [0.2, 0.25) is 0 Å². The summed E-state index contributed by atoms with van der Waals surface area (Å²) in [4.78, 5) is 16.7. The Labute approximate surface area is 134 Å². The maximum atomic E-state index is 12.7. The monoisotopic (exact) mass is 316 g/mol. The standard InChI is InChI=1S/C16H20N4OS/c1-19(10-15-18-17-14-7-4-8-20(14)15)16(21)13-9-11-5-2-3-6-12(11)22-13/h9H,2-8,10H2,1H3. The minimum atomic E-state index is 0.106. The summed E-state index contributed by atoms with van der Waals surface area (Å²) < 4.78 is 2.16. The molecule has 22 heavy (non-hydrogen) atoms. The van der Waals surface area contributed by atoms with Gasteiger partial charge in [0.05, 0.1) is 11.4 Å². The van der Waals surface area contributed by atoms with Crippen LogP contribution in [0.5, 0.6) is 0 Å². The highest BCUT2D eigenvalue weighted by molar-refractivity contribution is 7.14. The van der Waals surface area contributed by atoms with E-state index in [4.69, 9.17) is 0 Å². The molecule has 0 saturated carbocycles. The zero-order valence-corrected chi connectivity index (χ0v) is 13.7. The number of rotatable bonds is 3. The summed E-state index contributed by atoms with van der Waals surface area (Å²) in [6, 6.07) is 2.10. The van der Waals surface area contributed by atoms with E-state index in [2.05, 4.69) is 20.8 Å². The number of fused-ring (bicyclic) bond motifs is 2. The number of aromatic nitrogens is 3. The van der Waals surface area contributed by atoms with Crippen molar-refractivity contribution in [3.63, 3.8) is 0 Å². The van der Waals surface area contributed by atoms with Crippen molar-refractivity contribution < 1.29 is 4.79 Å². The van der Waals surface area contributed by atoms with Crippen molar-refractivity contribution in [3.05, 3.63) is 33.0 Å². The molecule has 2 aliphatic rings. The van der Waals surface area contributed by atoms with Gasteiger partial charge in [0.1, 0.15) is 5.82 Å². The molecule has 0 bridgehead atoms. The number of carbonyl (C=O) groups is 1. The first kappa shape index (κ1) is 13.9. The van der Waals surface area contributed by atoms with Gasteiger partial charge >= 0.3 is 0 Å². The maximum absolute atomic E-state index is 12.7. The van der Waals surface area contributed by atoms with E-state index in [1.54, 1.807) is 16.2 Å². The summed E-state index contributed by atoms with van der Waals surface area (Å²) in [5, 5.41) is 8.45. The molecule has 2 aromatic rings. The zero-order chi connectivity index (χ0) is 15.1. The minimum absolute atomic E-state index is 0.106. The molecular weight excluding hydrogens is 296 g/mol. The van der Waals surface area contributed by atoms with E-state index in [-0.39, 0.29) is 5.91 Å². The summed E-state index contributed by atoms with van der Waals surface area (Å²) in [5.74, 6) is 2.07. The van der Waals surface area contributed by atoms with Gasteiger partial charge < -0.3 is 9.47 Å². The van der Waals surface area contributed by atoms with Crippen LogP contribution in [-0.2, 0) is 32.4 Å². The summed E-state index contributed by atoms with van der Waals surface area (Å²) in [5.41, 5.74) is 1.39. The van der Waals surface area contributed by atoms with E-state index in [0.29, 0.717) is 6.54 Å². The summed E-state index contributed by atoms with van der Waals surface area (Å²) in [7, 11) is 1.86. The molecule has 2 aromatic heterocycles. The number of hydrogen-bond donors (Lipinski definition) is 0. The Morgan fingerprint density at radius 2 is 2.14 bits per heavy atom. The Hall–Kier alpha value is -1.69. The van der Waals surface area contributed by atoms with Gasteiger partial charge in [0.15, 0.2) is 5.82 Å². The highest BCUT2D eigenvalue weighted by atomic mass is 32.1. The van der Waals surface area contributed by atoms with Crippen LogP contribution in [0, 0.1) is 0 Å². The molecule has 0 aromatic carbocycles. The highest BCUT2D eigenvalue weighted by Crippen LogP contribution is 2.30. The first-order chi connectivity index (χ1) is 10.7. The van der Waals surface area contributed by atoms with Crippen LogP contribution in [0.15, 0.2) is 6.07 Å². The average Bonchev–Trinajstić information content (AvgIpc) is 3.22. The number of aryl methyl sites for hydroxylation is 3. The molecule has 5 nitrogen and oxygen atoms in total. The van der Waals surface area contributed by atoms with Gasteiger partial charge in [0.25, 0.3) is 5.91 Å². The van der Waals surface area contributed by atoms with Crippen molar-refractivity contribution in [2.45, 2.75) is 51.6 Å². The Balaban J connectivity index is 1.51. The number of hydrogen-bond acceptors (Lipinski definition) is 4. The van der Waals surface area contributed by atoms with Crippen LogP contribution in [0.1, 0.15) is 51.0 Å². The van der Waals surface area contributed by atoms with Gasteiger partial charge in [-0.1, -0.05) is 0 Å². The molecule has 0 N–H and O–H groups in total. The largest absolute Gasteiger partial charge is 0.333 e. The molecule has 1 amide bonds. The van der Waals surface area contributed by atoms with Crippen molar-refractivity contribution in [2.24, 2.45) is 0 Å². The summed E-state index contributed by atoms with van der Waals surface area (Å²) in [6.45, 7) is 1.52. The topological polar surface area (TPSA) is 51.0 Å². The maximum Gasteiger partial charge on any atom is 0.264 e. The van der Waals surface area contributed by atoms with Gasteiger partial charge in [0.2, 0.25) is 0 Å². The number of nitrogens with zero attached hydrogens (tertiary/aromatic N) is 4. The second kappa shape index (κ2) is 5.50. The first-order valence-electron chi connectivity index (χ1n) is 8.00. The minimum Gasteiger partial charge on any atom is -0.333 e. The summed E-state index contributed by atoms with van der Waals surface area (Å²) in [6.07, 6.45) is 6.90. The van der Waals surface area contributed by atoms with E-state index < -0.39 is 0 Å². The zero-order valence-electron chi connectivity index (χ0n) is 12.8. The van der Waals surface area contributed by atoms with Crippen LogP contribution >= 0.6 is 11.3 Å². The molecule has 1 aliphatic heterocycles. The van der Waals surface area contributed by atoms with Crippen LogP contribution < -0.4 is 0 Å². The molecule has 6 heteroatoms. The van der Waals surface area contributed by atoms with Crippen molar-refractivity contribution >= 4 is 17.2 Å². The SMILES string of the molecule is CN(Cc1nnc2n1CCC2)C(=O)c1cc2c(s1)CCCC2. The molecule has 0 fully saturated rings. The van der Waals surface area contributed by atoms with E-state index in [0.717, 1.165) is 48.8 Å². The second-order valence-corrected chi connectivity index (χ2v) is 7.35. The predicted molar refractivity (Wildman–Crippen MR) is 85.1 cm³/mol. The lowest BCUT2D eigenvalue weighted by atomic mass is 9.99. The third kappa shape index (κ3) is 2.35. The van der Waals surface area contributed by atoms with Crippen molar-refractivity contribution in [1.82, 2.24) is 19.7 Å². The molecule has 0 spiro atoms. The van der Waals surface area contributed by atoms with E-state index in [9.17, 15) is 4.79 Å². The third-order valence-electron chi connectivity index (χ3n) is 4.62. The van der Waals surface area contributed by atoms with Crippen molar-refractivity contribution in [1.29, 1.82) is 0 Å². The van der Waals surface area contributed by atoms with E-state index >= 15 is 0 Å². The molecule has 0 saturated heterocycles. The molecule has 1 aliphatic carbocycles. The lowest BCUT2D eigenvalue weighted by molar-refractivity contribution is 0.0784. The molecular formula is C16H20N4OS. The van der Waals surface area contributed by atoms with E-state index in [1.165, 1.54) is 23.3 Å². The second-order valence-electron chi connectivity index (χ2n) is 6.22. The van der Waals surface area contributed by atoms with Crippen molar-refractivity contribution in [3.8, 4) is 0 Å². The fraction of sp³-hybridized carbons (Fsp3) is 0.562. The fourth-order valence-electron chi connectivity index (χ4n) is 3.40. The fourth-order valence-corrected chi connectivity index (χ4v) is 4.64. The van der Waals surface area contributed by atoms with Crippen LogP contribution in [0.4, 0.5) is 0 Å². The molecule has 0 radical (unpaired) electrons. The Bertz CT molecular complexity index is 694. The Morgan fingerprint density at radius 3 is 3.00 bits per heavy atom. The normalized spacial score (nSPS) is 16.4. The number of carbonyl (C=O) groups excluding carboxylic acids is 1. The van der Waals surface area contributed by atoms with Crippen LogP contribution in [0.3, 0.4) is 0 Å². The van der Waals surface area contributed by atoms with Crippen LogP contribution in [0.25, 0.3) is 0 Å². The van der Waals surface area contributed by atoms with Crippen LogP contribution in [-0.4, -0.2) is 32.6 Å². The quantitative estimate of drug-likeness (QED) is 0.874. The smallest absolute Gasteiger partial charge is 0.264 e. The van der Waals surface area contributed by atoms with Gasteiger partial charge in [-0.2, -0.15) is 0 Å². The molecule has 0 unspecified atom stereocenters.